The molecular formula is C42H40IrN2SSi-2. The summed E-state index contributed by atoms with van der Waals surface area (Å²) in [5, 5.41) is 6.01. The van der Waals surface area contributed by atoms with E-state index in [1.54, 1.807) is 30.5 Å². The summed E-state index contributed by atoms with van der Waals surface area (Å²) in [5.41, 5.74) is 5.65. The largest absolute Gasteiger partial charge is 0.305 e. The van der Waals surface area contributed by atoms with E-state index in [1.807, 2.05) is 62.5 Å². The van der Waals surface area contributed by atoms with Crippen LogP contribution < -0.4 is 5.19 Å². The molecule has 0 aliphatic rings. The monoisotopic (exact) mass is 828 g/mol. The van der Waals surface area contributed by atoms with Crippen LogP contribution in [-0.2, 0) is 26.5 Å². The first-order valence-corrected chi connectivity index (χ1v) is 19.8. The Hall–Kier alpha value is -3.73. The van der Waals surface area contributed by atoms with Crippen LogP contribution in [0.1, 0.15) is 41.9 Å². The first kappa shape index (κ1) is 30.6. The molecule has 0 saturated heterocycles. The molecule has 4 aromatic carbocycles. The van der Waals surface area contributed by atoms with E-state index in [0.29, 0.717) is 16.8 Å². The number of aromatic nitrogens is 2. The van der Waals surface area contributed by atoms with E-state index in [9.17, 15) is 0 Å². The third kappa shape index (κ3) is 7.88. The standard InChI is InChI=1S/C28H24NS.C14H16NSi.Ir/c1-17(2)12-19-10-11-29-26(13-19)24-7-5-6-23-25-15-21-9-8-20(18(3)4)14-22(21)16-27(25)30-28(23)24;1-16(2,3)13-9-10-14(15-11-13)12-7-5-4-6-8-12;/h5-6,8-11,13-16,18H,1,12H2,2-4H3;4-7,9-11H,1-3H3;/q2*-1;/i12D2,18D;;. The third-order valence-corrected chi connectivity index (χ3v) is 11.2. The van der Waals surface area contributed by atoms with Gasteiger partial charge < -0.3 is 9.97 Å². The minimum atomic E-state index is -1.62. The van der Waals surface area contributed by atoms with Gasteiger partial charge in [-0.05, 0) is 85.9 Å². The first-order chi connectivity index (χ1) is 23.1. The Morgan fingerprint density at radius 2 is 1.72 bits per heavy atom. The zero-order valence-electron chi connectivity index (χ0n) is 30.7. The van der Waals surface area contributed by atoms with Gasteiger partial charge >= 0.3 is 0 Å². The predicted molar refractivity (Wildman–Crippen MR) is 203 cm³/mol. The van der Waals surface area contributed by atoms with Crippen molar-refractivity contribution in [2.45, 2.75) is 52.7 Å². The molecule has 0 bridgehead atoms. The number of allylic oxidation sites excluding steroid dienone is 1. The Labute approximate surface area is 302 Å². The molecule has 0 atom stereocenters. The molecule has 0 fully saturated rings. The normalized spacial score (nSPS) is 12.9. The molecule has 0 aliphatic carbocycles. The molecule has 1 radical (unpaired) electrons. The van der Waals surface area contributed by atoms with Crippen molar-refractivity contribution in [3.63, 3.8) is 0 Å². The van der Waals surface area contributed by atoms with E-state index in [0.717, 1.165) is 43.2 Å². The van der Waals surface area contributed by atoms with Crippen molar-refractivity contribution in [3.05, 3.63) is 139 Å². The van der Waals surface area contributed by atoms with Crippen molar-refractivity contribution >= 4 is 55.5 Å². The van der Waals surface area contributed by atoms with Crippen molar-refractivity contribution in [1.29, 1.82) is 0 Å². The number of nitrogens with zero attached hydrogens (tertiary/aromatic N) is 2. The fraction of sp³-hybridized carbons (Fsp3) is 0.190. The number of hydrogen-bond donors (Lipinski definition) is 0. The molecule has 0 spiro atoms. The number of fused-ring (bicyclic) bond motifs is 4. The van der Waals surface area contributed by atoms with Gasteiger partial charge in [-0.3, -0.25) is 0 Å². The molecule has 0 saturated carbocycles. The zero-order chi connectivity index (χ0) is 35.1. The van der Waals surface area contributed by atoms with Gasteiger partial charge in [0.1, 0.15) is 0 Å². The van der Waals surface area contributed by atoms with Crippen LogP contribution in [0.2, 0.25) is 19.6 Å². The van der Waals surface area contributed by atoms with Gasteiger partial charge in [0.05, 0.1) is 8.07 Å². The topological polar surface area (TPSA) is 25.8 Å². The molecule has 2 nitrogen and oxygen atoms in total. The van der Waals surface area contributed by atoms with Crippen molar-refractivity contribution in [2.24, 2.45) is 0 Å². The summed E-state index contributed by atoms with van der Waals surface area (Å²) < 4.78 is 27.4. The van der Waals surface area contributed by atoms with Gasteiger partial charge in [0.25, 0.3) is 0 Å². The number of pyridine rings is 2. The van der Waals surface area contributed by atoms with E-state index < -0.39 is 20.3 Å². The molecule has 0 amide bonds. The van der Waals surface area contributed by atoms with E-state index in [4.69, 9.17) is 4.11 Å². The molecule has 7 rings (SSSR count). The van der Waals surface area contributed by atoms with Gasteiger partial charge in [-0.15, -0.1) is 59.7 Å². The Kier molecular flexibility index (Phi) is 9.49. The Bertz CT molecular complexity index is 2310. The second-order valence-corrected chi connectivity index (χ2v) is 19.0. The van der Waals surface area contributed by atoms with Gasteiger partial charge in [-0.25, -0.2) is 0 Å². The van der Waals surface area contributed by atoms with Crippen molar-refractivity contribution in [1.82, 2.24) is 9.97 Å². The van der Waals surface area contributed by atoms with Gasteiger partial charge in [0, 0.05) is 41.3 Å². The summed E-state index contributed by atoms with van der Waals surface area (Å²) in [6.45, 7) is 16.3. The maximum Gasteiger partial charge on any atom is 0.0795 e. The van der Waals surface area contributed by atoms with Crippen LogP contribution in [0.25, 0.3) is 53.5 Å². The minimum absolute atomic E-state index is 0. The molecule has 0 unspecified atom stereocenters. The second kappa shape index (κ2) is 14.6. The molecule has 5 heteroatoms. The van der Waals surface area contributed by atoms with Gasteiger partial charge in [-0.1, -0.05) is 87.4 Å². The van der Waals surface area contributed by atoms with Crippen LogP contribution in [0.5, 0.6) is 0 Å². The van der Waals surface area contributed by atoms with E-state index in [-0.39, 0.29) is 20.1 Å². The molecule has 3 heterocycles. The van der Waals surface area contributed by atoms with Crippen LogP contribution in [0.15, 0.2) is 116 Å². The summed E-state index contributed by atoms with van der Waals surface area (Å²) in [7, 11) is -1.23. The number of rotatable bonds is 6. The number of benzene rings is 4. The molecule has 0 aliphatic heterocycles. The molecule has 239 valence electrons. The fourth-order valence-electron chi connectivity index (χ4n) is 5.43. The maximum absolute atomic E-state index is 8.39. The van der Waals surface area contributed by atoms with Gasteiger partial charge in [-0.2, -0.15) is 11.3 Å². The quantitative estimate of drug-likeness (QED) is 0.0948. The van der Waals surface area contributed by atoms with E-state index in [2.05, 4.69) is 90.8 Å². The van der Waals surface area contributed by atoms with Crippen LogP contribution in [-0.4, -0.2) is 18.0 Å². The van der Waals surface area contributed by atoms with Gasteiger partial charge in [0.15, 0.2) is 0 Å². The van der Waals surface area contributed by atoms with Crippen LogP contribution in [0.4, 0.5) is 0 Å². The zero-order valence-corrected chi connectivity index (χ0v) is 31.9. The molecular weight excluding hydrogens is 785 g/mol. The number of thiophene rings is 1. The second-order valence-electron chi connectivity index (χ2n) is 12.9. The smallest absolute Gasteiger partial charge is 0.0795 e. The summed E-state index contributed by atoms with van der Waals surface area (Å²) in [6.07, 6.45) is 2.05. The molecule has 47 heavy (non-hydrogen) atoms. The van der Waals surface area contributed by atoms with Crippen molar-refractivity contribution in [3.8, 4) is 22.5 Å². The summed E-state index contributed by atoms with van der Waals surface area (Å²) >= 11 is 1.70. The predicted octanol–water partition coefficient (Wildman–Crippen LogP) is 11.4. The van der Waals surface area contributed by atoms with E-state index >= 15 is 0 Å². The summed E-state index contributed by atoms with van der Waals surface area (Å²) in [6, 6.07) is 37.0. The maximum atomic E-state index is 8.39. The SMILES string of the molecule is C[Si](C)(C)c1ccc(-c2[c-]cccc2)nc1.[2H]C(C)(C)c1ccc2cc3c(cc2c1)sc1c(-c2cc(C([2H])([2H])C(=C)C)ccn2)[c-]ccc13.[Ir]. The summed E-state index contributed by atoms with van der Waals surface area (Å²) in [5.74, 6) is -0.642. The molecule has 3 aromatic heterocycles. The van der Waals surface area contributed by atoms with Crippen LogP contribution in [0, 0.1) is 12.1 Å². The van der Waals surface area contributed by atoms with E-state index in [1.165, 1.54) is 15.3 Å². The number of hydrogen-bond acceptors (Lipinski definition) is 3. The summed E-state index contributed by atoms with van der Waals surface area (Å²) in [4.78, 5) is 9.07. The Morgan fingerprint density at radius 3 is 2.40 bits per heavy atom. The van der Waals surface area contributed by atoms with Crippen molar-refractivity contribution < 1.29 is 24.2 Å². The molecule has 7 aromatic rings. The average molecular weight is 828 g/mol. The third-order valence-electron chi connectivity index (χ3n) is 7.96. The fourth-order valence-corrected chi connectivity index (χ4v) is 7.70. The van der Waals surface area contributed by atoms with Gasteiger partial charge in [0.2, 0.25) is 0 Å². The van der Waals surface area contributed by atoms with Crippen LogP contribution >= 0.6 is 11.3 Å². The minimum Gasteiger partial charge on any atom is -0.305 e. The Morgan fingerprint density at radius 1 is 0.894 bits per heavy atom. The molecule has 0 N–H and O–H groups in total. The first-order valence-electron chi connectivity index (χ1n) is 17.0. The van der Waals surface area contributed by atoms with Crippen molar-refractivity contribution in [2.75, 3.05) is 0 Å². The average Bonchev–Trinajstić information content (AvgIpc) is 3.44. The Balaban J connectivity index is 0.000000241. The van der Waals surface area contributed by atoms with Crippen LogP contribution in [0.3, 0.4) is 0 Å².